The quantitative estimate of drug-likeness (QED) is 0.750. The average molecular weight is 236 g/mol. The van der Waals surface area contributed by atoms with Crippen LogP contribution in [0.15, 0.2) is 24.4 Å². The van der Waals surface area contributed by atoms with Gasteiger partial charge in [-0.3, -0.25) is 9.78 Å². The van der Waals surface area contributed by atoms with E-state index >= 15 is 0 Å². The Morgan fingerprint density at radius 1 is 1.53 bits per heavy atom. The third-order valence-electron chi connectivity index (χ3n) is 2.86. The fraction of sp³-hybridized carbons (Fsp3) is 0.500. The highest BCUT2D eigenvalue weighted by Gasteiger charge is 2.40. The first-order chi connectivity index (χ1) is 8.20. The highest BCUT2D eigenvalue weighted by Crippen LogP contribution is 2.21. The number of nitrogens with one attached hydrogen (secondary N) is 1. The number of nitrogens with zero attached hydrogens (tertiary/aromatic N) is 1. The van der Waals surface area contributed by atoms with Crippen molar-refractivity contribution >= 4 is 5.97 Å². The van der Waals surface area contributed by atoms with E-state index in [1.54, 1.807) is 6.20 Å². The molecular weight excluding hydrogens is 220 g/mol. The topological polar surface area (TPSA) is 71.5 Å². The molecule has 1 aromatic heterocycles. The van der Waals surface area contributed by atoms with E-state index in [0.717, 1.165) is 5.69 Å². The van der Waals surface area contributed by atoms with Gasteiger partial charge in [0.1, 0.15) is 5.60 Å². The maximum atomic E-state index is 10.7. The van der Waals surface area contributed by atoms with Gasteiger partial charge in [-0.2, -0.15) is 0 Å². The first-order valence-corrected chi connectivity index (χ1v) is 5.67. The lowest BCUT2D eigenvalue weighted by Crippen LogP contribution is -2.62. The smallest absolute Gasteiger partial charge is 0.306 e. The van der Waals surface area contributed by atoms with Gasteiger partial charge < -0.3 is 15.2 Å². The predicted molar refractivity (Wildman–Crippen MR) is 61.7 cm³/mol. The highest BCUT2D eigenvalue weighted by molar-refractivity contribution is 5.68. The maximum Gasteiger partial charge on any atom is 0.306 e. The molecule has 5 heteroatoms. The van der Waals surface area contributed by atoms with Crippen LogP contribution in [-0.2, 0) is 16.0 Å². The molecule has 0 atom stereocenters. The van der Waals surface area contributed by atoms with E-state index in [1.165, 1.54) is 0 Å². The minimum atomic E-state index is -0.815. The SMILES string of the molecule is O=C(O)CC1(OCCc2ccccn2)CNC1. The molecule has 0 spiro atoms. The van der Waals surface area contributed by atoms with Gasteiger partial charge in [0.2, 0.25) is 0 Å². The van der Waals surface area contributed by atoms with Gasteiger partial charge in [-0.15, -0.1) is 0 Å². The fourth-order valence-electron chi connectivity index (χ4n) is 1.88. The summed E-state index contributed by atoms with van der Waals surface area (Å²) in [5, 5.41) is 11.9. The van der Waals surface area contributed by atoms with E-state index in [0.29, 0.717) is 26.1 Å². The van der Waals surface area contributed by atoms with Crippen LogP contribution >= 0.6 is 0 Å². The molecule has 0 bridgehead atoms. The standard InChI is InChI=1S/C12H16N2O3/c15-11(16)7-12(8-13-9-12)17-6-4-10-3-1-2-5-14-10/h1-3,5,13H,4,6-9H2,(H,15,16). The van der Waals surface area contributed by atoms with Gasteiger partial charge in [-0.05, 0) is 12.1 Å². The number of carboxylic acids is 1. The van der Waals surface area contributed by atoms with Crippen LogP contribution in [-0.4, -0.2) is 41.4 Å². The average Bonchev–Trinajstić information content (AvgIpc) is 2.26. The number of ether oxygens (including phenoxy) is 1. The summed E-state index contributed by atoms with van der Waals surface area (Å²) >= 11 is 0. The molecule has 92 valence electrons. The van der Waals surface area contributed by atoms with Crippen LogP contribution in [0.2, 0.25) is 0 Å². The number of carbonyl (C=O) groups is 1. The third kappa shape index (κ3) is 3.25. The zero-order valence-electron chi connectivity index (χ0n) is 9.56. The first-order valence-electron chi connectivity index (χ1n) is 5.67. The third-order valence-corrected chi connectivity index (χ3v) is 2.86. The van der Waals surface area contributed by atoms with Gasteiger partial charge >= 0.3 is 5.97 Å². The van der Waals surface area contributed by atoms with Crippen LogP contribution in [0.3, 0.4) is 0 Å². The minimum absolute atomic E-state index is 0.0578. The Kier molecular flexibility index (Phi) is 3.71. The molecule has 1 fully saturated rings. The minimum Gasteiger partial charge on any atom is -0.481 e. The zero-order chi connectivity index (χ0) is 12.1. The molecule has 0 aromatic carbocycles. The van der Waals surface area contributed by atoms with Crippen molar-refractivity contribution in [2.45, 2.75) is 18.4 Å². The van der Waals surface area contributed by atoms with Crippen molar-refractivity contribution in [3.8, 4) is 0 Å². The van der Waals surface area contributed by atoms with Crippen molar-refractivity contribution in [1.82, 2.24) is 10.3 Å². The van der Waals surface area contributed by atoms with Crippen LogP contribution in [0.4, 0.5) is 0 Å². The van der Waals surface area contributed by atoms with Gasteiger partial charge in [0, 0.05) is 31.4 Å². The second-order valence-electron chi connectivity index (χ2n) is 4.28. The van der Waals surface area contributed by atoms with Crippen molar-refractivity contribution in [2.24, 2.45) is 0 Å². The van der Waals surface area contributed by atoms with Crippen molar-refractivity contribution in [3.05, 3.63) is 30.1 Å². The molecule has 5 nitrogen and oxygen atoms in total. The molecule has 0 saturated carbocycles. The maximum absolute atomic E-state index is 10.7. The number of aromatic nitrogens is 1. The van der Waals surface area contributed by atoms with Crippen LogP contribution in [0.5, 0.6) is 0 Å². The molecule has 1 aliphatic heterocycles. The summed E-state index contributed by atoms with van der Waals surface area (Å²) in [6.07, 6.45) is 2.51. The van der Waals surface area contributed by atoms with Crippen LogP contribution in [0.1, 0.15) is 12.1 Å². The van der Waals surface area contributed by atoms with Crippen molar-refractivity contribution in [2.75, 3.05) is 19.7 Å². The summed E-state index contributed by atoms with van der Waals surface area (Å²) in [6.45, 7) is 1.73. The van der Waals surface area contributed by atoms with Crippen LogP contribution < -0.4 is 5.32 Å². The molecule has 17 heavy (non-hydrogen) atoms. The molecule has 0 radical (unpaired) electrons. The van der Waals surface area contributed by atoms with E-state index in [4.69, 9.17) is 9.84 Å². The van der Waals surface area contributed by atoms with E-state index < -0.39 is 11.6 Å². The number of carboxylic acid groups (broad SMARTS) is 1. The Morgan fingerprint density at radius 2 is 2.35 bits per heavy atom. The van der Waals surface area contributed by atoms with E-state index in [1.807, 2.05) is 18.2 Å². The van der Waals surface area contributed by atoms with Gasteiger partial charge in [0.15, 0.2) is 0 Å². The van der Waals surface area contributed by atoms with Crippen molar-refractivity contribution < 1.29 is 14.6 Å². The largest absolute Gasteiger partial charge is 0.481 e. The highest BCUT2D eigenvalue weighted by atomic mass is 16.5. The molecule has 2 heterocycles. The summed E-state index contributed by atoms with van der Waals surface area (Å²) < 4.78 is 5.70. The normalized spacial score (nSPS) is 17.4. The Hall–Kier alpha value is -1.46. The van der Waals surface area contributed by atoms with Gasteiger partial charge in [0.25, 0.3) is 0 Å². The lowest BCUT2D eigenvalue weighted by molar-refractivity contribution is -0.150. The molecule has 0 unspecified atom stereocenters. The second kappa shape index (κ2) is 5.25. The van der Waals surface area contributed by atoms with Crippen molar-refractivity contribution in [3.63, 3.8) is 0 Å². The summed E-state index contributed by atoms with van der Waals surface area (Å²) in [7, 11) is 0. The monoisotopic (exact) mass is 236 g/mol. The van der Waals surface area contributed by atoms with Gasteiger partial charge in [-0.1, -0.05) is 6.07 Å². The molecule has 1 aliphatic rings. The molecular formula is C12H16N2O3. The second-order valence-corrected chi connectivity index (χ2v) is 4.28. The number of aliphatic carboxylic acids is 1. The molecule has 2 rings (SSSR count). The van der Waals surface area contributed by atoms with Gasteiger partial charge in [0.05, 0.1) is 13.0 Å². The molecule has 0 amide bonds. The van der Waals surface area contributed by atoms with Gasteiger partial charge in [-0.25, -0.2) is 0 Å². The lowest BCUT2D eigenvalue weighted by atomic mass is 9.93. The van der Waals surface area contributed by atoms with E-state index in [2.05, 4.69) is 10.3 Å². The lowest BCUT2D eigenvalue weighted by Gasteiger charge is -2.41. The number of rotatable bonds is 6. The Morgan fingerprint density at radius 3 is 2.88 bits per heavy atom. The molecule has 1 aromatic rings. The Bertz CT molecular complexity index is 377. The number of hydrogen-bond acceptors (Lipinski definition) is 4. The predicted octanol–water partition coefficient (Wildman–Crippen LogP) is 0.457. The summed E-state index contributed by atoms with van der Waals surface area (Å²) in [5.41, 5.74) is 0.450. The zero-order valence-corrected chi connectivity index (χ0v) is 9.56. The molecule has 1 saturated heterocycles. The molecule has 2 N–H and O–H groups in total. The van der Waals surface area contributed by atoms with Crippen LogP contribution in [0.25, 0.3) is 0 Å². The van der Waals surface area contributed by atoms with E-state index in [9.17, 15) is 4.79 Å². The molecule has 0 aliphatic carbocycles. The van der Waals surface area contributed by atoms with Crippen LogP contribution in [0, 0.1) is 0 Å². The summed E-state index contributed by atoms with van der Waals surface area (Å²) in [6, 6.07) is 5.73. The number of hydrogen-bond donors (Lipinski definition) is 2. The Labute approximate surface area is 99.8 Å². The summed E-state index contributed by atoms with van der Waals surface area (Å²) in [5.74, 6) is -0.815. The van der Waals surface area contributed by atoms with Crippen molar-refractivity contribution in [1.29, 1.82) is 0 Å². The fourth-order valence-corrected chi connectivity index (χ4v) is 1.88. The van der Waals surface area contributed by atoms with E-state index in [-0.39, 0.29) is 6.42 Å². The summed E-state index contributed by atoms with van der Waals surface area (Å²) in [4.78, 5) is 14.9. The number of pyridine rings is 1. The Balaban J connectivity index is 1.79. The first kappa shape index (κ1) is 12.0.